The number of rotatable bonds is 11. The summed E-state index contributed by atoms with van der Waals surface area (Å²) in [5.74, 6) is 1.40. The Morgan fingerprint density at radius 1 is 0.857 bits per heavy atom. The maximum atomic E-state index is 14.5. The van der Waals surface area contributed by atoms with Gasteiger partial charge in [0.2, 0.25) is 0 Å². The molecule has 0 amide bonds. The average Bonchev–Trinajstić information content (AvgIpc) is 3.25. The Bertz CT molecular complexity index is 1090. The van der Waals surface area contributed by atoms with E-state index in [0.29, 0.717) is 19.8 Å². The zero-order chi connectivity index (χ0) is 24.6. The van der Waals surface area contributed by atoms with Crippen molar-refractivity contribution in [2.45, 2.75) is 52.9 Å². The fourth-order valence-electron chi connectivity index (χ4n) is 4.66. The molecule has 1 aliphatic heterocycles. The number of halogens is 1. The summed E-state index contributed by atoms with van der Waals surface area (Å²) >= 11 is 0. The van der Waals surface area contributed by atoms with Gasteiger partial charge in [-0.3, -0.25) is 9.80 Å². The number of aryl methyl sites for hydroxylation is 1. The predicted molar refractivity (Wildman–Crippen MR) is 139 cm³/mol. The quantitative estimate of drug-likeness (QED) is 0.287. The Morgan fingerprint density at radius 2 is 1.60 bits per heavy atom. The predicted octanol–water partition coefficient (Wildman–Crippen LogP) is 6.73. The molecule has 0 aromatic heterocycles. The van der Waals surface area contributed by atoms with Crippen molar-refractivity contribution in [3.63, 3.8) is 0 Å². The van der Waals surface area contributed by atoms with Crippen molar-refractivity contribution in [2.24, 2.45) is 0 Å². The number of hydrogen-bond acceptors (Lipinski definition) is 4. The first kappa shape index (κ1) is 25.2. The second-order valence-electron chi connectivity index (χ2n) is 9.23. The van der Waals surface area contributed by atoms with Gasteiger partial charge in [0.25, 0.3) is 0 Å². The van der Waals surface area contributed by atoms with Crippen molar-refractivity contribution in [1.29, 1.82) is 0 Å². The van der Waals surface area contributed by atoms with Gasteiger partial charge in [0.1, 0.15) is 5.82 Å². The van der Waals surface area contributed by atoms with Crippen LogP contribution in [0.15, 0.2) is 66.7 Å². The van der Waals surface area contributed by atoms with E-state index in [4.69, 9.17) is 9.47 Å². The second kappa shape index (κ2) is 12.2. The Kier molecular flexibility index (Phi) is 8.78. The normalized spacial score (nSPS) is 16.5. The van der Waals surface area contributed by atoms with Crippen LogP contribution in [0.4, 0.5) is 4.39 Å². The van der Waals surface area contributed by atoms with Crippen molar-refractivity contribution in [1.82, 2.24) is 9.80 Å². The van der Waals surface area contributed by atoms with Crippen LogP contribution in [0, 0.1) is 12.7 Å². The van der Waals surface area contributed by atoms with Crippen LogP contribution in [0.5, 0.6) is 11.5 Å². The first-order valence-corrected chi connectivity index (χ1v) is 12.8. The number of unbranched alkanes of at least 4 members (excludes halogenated alkanes) is 1. The van der Waals surface area contributed by atoms with Crippen molar-refractivity contribution >= 4 is 0 Å². The fourth-order valence-corrected chi connectivity index (χ4v) is 4.66. The van der Waals surface area contributed by atoms with E-state index < -0.39 is 0 Å². The third kappa shape index (κ3) is 6.41. The fraction of sp³-hybridized carbons (Fsp3) is 0.400. The molecule has 0 saturated carbocycles. The number of ether oxygens (including phenoxy) is 2. The van der Waals surface area contributed by atoms with Gasteiger partial charge in [0, 0.05) is 31.7 Å². The summed E-state index contributed by atoms with van der Waals surface area (Å²) in [5.41, 5.74) is 4.39. The monoisotopic (exact) mass is 476 g/mol. The highest BCUT2D eigenvalue weighted by atomic mass is 19.1. The van der Waals surface area contributed by atoms with E-state index in [1.807, 2.05) is 25.1 Å². The van der Waals surface area contributed by atoms with Crippen LogP contribution in [0.2, 0.25) is 0 Å². The zero-order valence-electron chi connectivity index (χ0n) is 21.2. The lowest BCUT2D eigenvalue weighted by molar-refractivity contribution is 0.124. The molecule has 0 spiro atoms. The molecule has 0 unspecified atom stereocenters. The molecule has 1 heterocycles. The van der Waals surface area contributed by atoms with Gasteiger partial charge in [0.15, 0.2) is 11.5 Å². The molecule has 186 valence electrons. The number of nitrogens with zero attached hydrogens (tertiary/aromatic N) is 2. The molecule has 3 aromatic rings. The van der Waals surface area contributed by atoms with Gasteiger partial charge in [-0.1, -0.05) is 67.4 Å². The highest BCUT2D eigenvalue weighted by Crippen LogP contribution is 2.38. The van der Waals surface area contributed by atoms with E-state index in [2.05, 4.69) is 60.0 Å². The minimum Gasteiger partial charge on any atom is -0.490 e. The molecular formula is C30H37FN2O2. The van der Waals surface area contributed by atoms with Crippen LogP contribution in [-0.4, -0.2) is 36.1 Å². The maximum Gasteiger partial charge on any atom is 0.161 e. The number of benzene rings is 3. The van der Waals surface area contributed by atoms with E-state index in [1.54, 1.807) is 12.1 Å². The largest absolute Gasteiger partial charge is 0.490 e. The molecule has 0 N–H and O–H groups in total. The first-order valence-electron chi connectivity index (χ1n) is 12.8. The molecule has 4 rings (SSSR count). The smallest absolute Gasteiger partial charge is 0.161 e. The number of hydrogen-bond donors (Lipinski definition) is 0. The zero-order valence-corrected chi connectivity index (χ0v) is 21.2. The average molecular weight is 477 g/mol. The molecule has 3 aromatic carbocycles. The Morgan fingerprint density at radius 3 is 2.31 bits per heavy atom. The summed E-state index contributed by atoms with van der Waals surface area (Å²) in [6, 6.07) is 22.1. The SMILES string of the molecule is CCCCOc1ccc([C@@H]2N(Cc3ccc(C)cc3)CCN2Cc2ccccc2F)cc1OCC. The minimum atomic E-state index is -0.155. The maximum absolute atomic E-state index is 14.5. The molecule has 1 aliphatic rings. The molecule has 0 aliphatic carbocycles. The van der Waals surface area contributed by atoms with Gasteiger partial charge in [-0.05, 0) is 49.6 Å². The van der Waals surface area contributed by atoms with Crippen LogP contribution in [0.3, 0.4) is 0 Å². The van der Waals surface area contributed by atoms with E-state index >= 15 is 0 Å². The summed E-state index contributed by atoms with van der Waals surface area (Å²) in [5, 5.41) is 0. The van der Waals surface area contributed by atoms with Crippen molar-refractivity contribution in [2.75, 3.05) is 26.3 Å². The van der Waals surface area contributed by atoms with Crippen molar-refractivity contribution in [3.05, 3.63) is 94.8 Å². The topological polar surface area (TPSA) is 24.9 Å². The van der Waals surface area contributed by atoms with E-state index in [-0.39, 0.29) is 12.0 Å². The van der Waals surface area contributed by atoms with Gasteiger partial charge in [-0.15, -0.1) is 0 Å². The molecule has 0 bridgehead atoms. The van der Waals surface area contributed by atoms with Gasteiger partial charge in [0.05, 0.1) is 19.4 Å². The minimum absolute atomic E-state index is 0.0137. The second-order valence-corrected chi connectivity index (χ2v) is 9.23. The highest BCUT2D eigenvalue weighted by molar-refractivity contribution is 5.44. The molecule has 35 heavy (non-hydrogen) atoms. The van der Waals surface area contributed by atoms with Gasteiger partial charge >= 0.3 is 0 Å². The molecular weight excluding hydrogens is 439 g/mol. The highest BCUT2D eigenvalue weighted by Gasteiger charge is 2.34. The summed E-state index contributed by atoms with van der Waals surface area (Å²) < 4.78 is 26.5. The van der Waals surface area contributed by atoms with Crippen LogP contribution in [0.25, 0.3) is 0 Å². The third-order valence-electron chi connectivity index (χ3n) is 6.52. The third-order valence-corrected chi connectivity index (χ3v) is 6.52. The van der Waals surface area contributed by atoms with Crippen molar-refractivity contribution < 1.29 is 13.9 Å². The van der Waals surface area contributed by atoms with Crippen LogP contribution in [0.1, 0.15) is 55.1 Å². The molecule has 1 atom stereocenters. The molecule has 4 nitrogen and oxygen atoms in total. The first-order chi connectivity index (χ1) is 17.1. The van der Waals surface area contributed by atoms with Crippen LogP contribution >= 0.6 is 0 Å². The molecule has 5 heteroatoms. The Balaban J connectivity index is 1.64. The van der Waals surface area contributed by atoms with Gasteiger partial charge < -0.3 is 9.47 Å². The summed E-state index contributed by atoms with van der Waals surface area (Å²) in [4.78, 5) is 4.82. The Hall–Kier alpha value is -2.89. The van der Waals surface area contributed by atoms with Gasteiger partial charge in [-0.2, -0.15) is 0 Å². The van der Waals surface area contributed by atoms with Gasteiger partial charge in [-0.25, -0.2) is 4.39 Å². The summed E-state index contributed by atoms with van der Waals surface area (Å²) in [6.07, 6.45) is 2.11. The molecule has 1 fully saturated rings. The lowest BCUT2D eigenvalue weighted by Crippen LogP contribution is -2.30. The van der Waals surface area contributed by atoms with E-state index in [1.165, 1.54) is 11.1 Å². The summed E-state index contributed by atoms with van der Waals surface area (Å²) in [7, 11) is 0. The van der Waals surface area contributed by atoms with Crippen molar-refractivity contribution in [3.8, 4) is 11.5 Å². The van der Waals surface area contributed by atoms with E-state index in [9.17, 15) is 4.39 Å². The van der Waals surface area contributed by atoms with Crippen LogP contribution < -0.4 is 9.47 Å². The van der Waals surface area contributed by atoms with Crippen LogP contribution in [-0.2, 0) is 13.1 Å². The lowest BCUT2D eigenvalue weighted by atomic mass is 10.1. The molecule has 1 saturated heterocycles. The Labute approximate surface area is 209 Å². The lowest BCUT2D eigenvalue weighted by Gasteiger charge is -2.31. The summed E-state index contributed by atoms with van der Waals surface area (Å²) in [6.45, 7) is 10.7. The standard InChI is InChI=1S/C30H37FN2O2/c1-4-6-19-35-28-16-15-25(20-29(28)34-5-2)30-32(21-24-13-11-23(3)12-14-24)17-18-33(30)22-26-9-7-8-10-27(26)31/h7-16,20,30H,4-6,17-19,21-22H2,1-3H3/t30-/m1/s1. The van der Waals surface area contributed by atoms with E-state index in [0.717, 1.165) is 55.1 Å². The molecule has 0 radical (unpaired) electrons.